The van der Waals surface area contributed by atoms with Crippen molar-refractivity contribution in [1.29, 1.82) is 0 Å². The molecule has 0 aromatic rings. The summed E-state index contributed by atoms with van der Waals surface area (Å²) >= 11 is 0. The summed E-state index contributed by atoms with van der Waals surface area (Å²) in [6.07, 6.45) is 66.3. The molecule has 68 heavy (non-hydrogen) atoms. The molecule has 0 aliphatic carbocycles. The predicted octanol–water partition coefficient (Wildman–Crippen LogP) is 20.5. The monoisotopic (exact) mass is 959 g/mol. The Labute approximate surface area is 424 Å². The van der Waals surface area contributed by atoms with Gasteiger partial charge in [0.05, 0.1) is 0 Å². The van der Waals surface area contributed by atoms with Gasteiger partial charge < -0.3 is 14.2 Å². The summed E-state index contributed by atoms with van der Waals surface area (Å²) in [6, 6.07) is 0. The van der Waals surface area contributed by atoms with E-state index in [-0.39, 0.29) is 31.1 Å². The lowest BCUT2D eigenvalue weighted by Gasteiger charge is -2.18. The Bertz CT molecular complexity index is 1060. The van der Waals surface area contributed by atoms with Gasteiger partial charge in [0.25, 0.3) is 0 Å². The van der Waals surface area contributed by atoms with Crippen LogP contribution < -0.4 is 0 Å². The van der Waals surface area contributed by atoms with E-state index in [1.807, 2.05) is 0 Å². The van der Waals surface area contributed by atoms with Crippen LogP contribution in [0.1, 0.15) is 348 Å². The molecular formula is C62H118O6. The van der Waals surface area contributed by atoms with Crippen LogP contribution in [0.25, 0.3) is 0 Å². The summed E-state index contributed by atoms with van der Waals surface area (Å²) in [5.74, 6) is -0.841. The van der Waals surface area contributed by atoms with Crippen LogP contribution in [0, 0.1) is 0 Å². The fourth-order valence-electron chi connectivity index (χ4n) is 9.38. The SMILES string of the molecule is CCCCCCCC/C=C\CCCCCCCCCC(=O)O[C@H](COC(=O)CCCCCCCCCCCCCCCCC)COC(=O)CCCCCCCCCCCCCCCCCCCC. The van der Waals surface area contributed by atoms with Crippen LogP contribution in [-0.2, 0) is 28.6 Å². The van der Waals surface area contributed by atoms with Gasteiger partial charge >= 0.3 is 17.9 Å². The molecule has 0 rings (SSSR count). The molecule has 0 heterocycles. The van der Waals surface area contributed by atoms with E-state index in [1.165, 1.54) is 250 Å². The van der Waals surface area contributed by atoms with E-state index in [0.717, 1.165) is 57.8 Å². The molecule has 0 saturated heterocycles. The number of carbonyl (C=O) groups is 3. The van der Waals surface area contributed by atoms with E-state index in [1.54, 1.807) is 0 Å². The molecular weight excluding hydrogens is 841 g/mol. The van der Waals surface area contributed by atoms with Crippen molar-refractivity contribution >= 4 is 17.9 Å². The minimum atomic E-state index is -0.767. The highest BCUT2D eigenvalue weighted by atomic mass is 16.6. The van der Waals surface area contributed by atoms with Gasteiger partial charge in [-0.25, -0.2) is 0 Å². The Morgan fingerprint density at radius 1 is 0.279 bits per heavy atom. The normalized spacial score (nSPS) is 12.0. The molecule has 0 spiro atoms. The van der Waals surface area contributed by atoms with Gasteiger partial charge in [0.1, 0.15) is 13.2 Å². The Kier molecular flexibility index (Phi) is 56.2. The fraction of sp³-hybridized carbons (Fsp3) is 0.919. The molecule has 402 valence electrons. The van der Waals surface area contributed by atoms with E-state index < -0.39 is 6.10 Å². The standard InChI is InChI=1S/C62H118O6/c1-4-7-10-13-16-19-22-25-28-30-32-34-37-40-43-46-49-52-55-61(64)67-58-59(57-66-60(63)54-51-48-45-42-39-36-33-27-24-21-18-15-12-9-6-3)68-62(65)56-53-50-47-44-41-38-35-31-29-26-23-20-17-14-11-8-5-2/h26,29,59H,4-25,27-28,30-58H2,1-3H3/b29-26-/t59-/m1/s1. The summed E-state index contributed by atoms with van der Waals surface area (Å²) in [7, 11) is 0. The Morgan fingerprint density at radius 2 is 0.485 bits per heavy atom. The topological polar surface area (TPSA) is 78.9 Å². The lowest BCUT2D eigenvalue weighted by Crippen LogP contribution is -2.30. The van der Waals surface area contributed by atoms with Crippen LogP contribution in [0.15, 0.2) is 12.2 Å². The highest BCUT2D eigenvalue weighted by molar-refractivity contribution is 5.71. The largest absolute Gasteiger partial charge is 0.462 e. The third kappa shape index (κ3) is 55.1. The van der Waals surface area contributed by atoms with Crippen molar-refractivity contribution in [2.24, 2.45) is 0 Å². The van der Waals surface area contributed by atoms with Crippen molar-refractivity contribution in [2.45, 2.75) is 354 Å². The lowest BCUT2D eigenvalue weighted by atomic mass is 10.0. The van der Waals surface area contributed by atoms with Crippen molar-refractivity contribution in [3.05, 3.63) is 12.2 Å². The van der Waals surface area contributed by atoms with E-state index in [9.17, 15) is 14.4 Å². The minimum absolute atomic E-state index is 0.0654. The zero-order valence-corrected chi connectivity index (χ0v) is 46.2. The molecule has 0 aromatic carbocycles. The molecule has 0 aliphatic heterocycles. The fourth-order valence-corrected chi connectivity index (χ4v) is 9.38. The van der Waals surface area contributed by atoms with Gasteiger partial charge in [-0.3, -0.25) is 14.4 Å². The quantitative estimate of drug-likeness (QED) is 0.0262. The van der Waals surface area contributed by atoms with Crippen LogP contribution in [-0.4, -0.2) is 37.2 Å². The molecule has 1 atom stereocenters. The van der Waals surface area contributed by atoms with E-state index in [0.29, 0.717) is 19.3 Å². The average molecular weight is 960 g/mol. The van der Waals surface area contributed by atoms with Crippen LogP contribution in [0.2, 0.25) is 0 Å². The van der Waals surface area contributed by atoms with E-state index >= 15 is 0 Å². The summed E-state index contributed by atoms with van der Waals surface area (Å²) in [5, 5.41) is 0. The van der Waals surface area contributed by atoms with Crippen LogP contribution >= 0.6 is 0 Å². The second-order valence-corrected chi connectivity index (χ2v) is 21.0. The molecule has 0 fully saturated rings. The number of rotatable bonds is 57. The molecule has 0 aliphatic rings. The molecule has 0 N–H and O–H groups in total. The maximum atomic E-state index is 12.9. The molecule has 6 heteroatoms. The second-order valence-electron chi connectivity index (χ2n) is 21.0. The molecule has 0 saturated carbocycles. The number of ether oxygens (including phenoxy) is 3. The van der Waals surface area contributed by atoms with Crippen LogP contribution in [0.5, 0.6) is 0 Å². The summed E-state index contributed by atoms with van der Waals surface area (Å²) in [6.45, 7) is 6.70. The van der Waals surface area contributed by atoms with Crippen molar-refractivity contribution < 1.29 is 28.6 Å². The smallest absolute Gasteiger partial charge is 0.306 e. The van der Waals surface area contributed by atoms with Gasteiger partial charge in [-0.15, -0.1) is 0 Å². The van der Waals surface area contributed by atoms with E-state index in [4.69, 9.17) is 14.2 Å². The Hall–Kier alpha value is -1.85. The molecule has 6 nitrogen and oxygen atoms in total. The first kappa shape index (κ1) is 66.2. The maximum Gasteiger partial charge on any atom is 0.306 e. The zero-order valence-electron chi connectivity index (χ0n) is 46.2. The van der Waals surface area contributed by atoms with Gasteiger partial charge in [-0.2, -0.15) is 0 Å². The van der Waals surface area contributed by atoms with Gasteiger partial charge in [-0.1, -0.05) is 296 Å². The zero-order chi connectivity index (χ0) is 49.3. The maximum absolute atomic E-state index is 12.9. The van der Waals surface area contributed by atoms with Gasteiger partial charge in [0.15, 0.2) is 6.10 Å². The summed E-state index contributed by atoms with van der Waals surface area (Å²) in [4.78, 5) is 38.2. The average Bonchev–Trinajstić information content (AvgIpc) is 3.34. The number of carbonyl (C=O) groups excluding carboxylic acids is 3. The minimum Gasteiger partial charge on any atom is -0.462 e. The van der Waals surface area contributed by atoms with Gasteiger partial charge in [-0.05, 0) is 44.9 Å². The highest BCUT2D eigenvalue weighted by Crippen LogP contribution is 2.18. The molecule has 0 amide bonds. The van der Waals surface area contributed by atoms with Crippen molar-refractivity contribution in [3.8, 4) is 0 Å². The third-order valence-corrected chi connectivity index (χ3v) is 14.0. The second kappa shape index (κ2) is 57.7. The van der Waals surface area contributed by atoms with Crippen LogP contribution in [0.4, 0.5) is 0 Å². The number of unbranched alkanes of at least 4 members (excludes halogenated alkanes) is 44. The summed E-state index contributed by atoms with van der Waals surface area (Å²) in [5.41, 5.74) is 0. The molecule has 0 radical (unpaired) electrons. The van der Waals surface area contributed by atoms with E-state index in [2.05, 4.69) is 32.9 Å². The molecule has 0 unspecified atom stereocenters. The van der Waals surface area contributed by atoms with Crippen molar-refractivity contribution in [3.63, 3.8) is 0 Å². The van der Waals surface area contributed by atoms with Gasteiger partial charge in [0, 0.05) is 19.3 Å². The first-order valence-corrected chi connectivity index (χ1v) is 30.7. The summed E-state index contributed by atoms with van der Waals surface area (Å²) < 4.78 is 16.9. The highest BCUT2D eigenvalue weighted by Gasteiger charge is 2.19. The Morgan fingerprint density at radius 3 is 0.735 bits per heavy atom. The Balaban J connectivity index is 4.31. The molecule has 0 bridgehead atoms. The number of hydrogen-bond acceptors (Lipinski definition) is 6. The number of esters is 3. The predicted molar refractivity (Wildman–Crippen MR) is 293 cm³/mol. The number of hydrogen-bond donors (Lipinski definition) is 0. The first-order valence-electron chi connectivity index (χ1n) is 30.7. The number of allylic oxidation sites excluding steroid dienone is 2. The van der Waals surface area contributed by atoms with Crippen molar-refractivity contribution in [2.75, 3.05) is 13.2 Å². The van der Waals surface area contributed by atoms with Gasteiger partial charge in [0.2, 0.25) is 0 Å². The first-order chi connectivity index (χ1) is 33.5. The lowest BCUT2D eigenvalue weighted by molar-refractivity contribution is -0.167. The van der Waals surface area contributed by atoms with Crippen molar-refractivity contribution in [1.82, 2.24) is 0 Å². The van der Waals surface area contributed by atoms with Crippen LogP contribution in [0.3, 0.4) is 0 Å². The molecule has 0 aromatic heterocycles. The third-order valence-electron chi connectivity index (χ3n) is 14.0.